The van der Waals surface area contributed by atoms with Gasteiger partial charge in [-0.05, 0) is 55.7 Å². The number of benzene rings is 2. The van der Waals surface area contributed by atoms with Gasteiger partial charge in [0.1, 0.15) is 18.5 Å². The third-order valence-corrected chi connectivity index (χ3v) is 10.5. The van der Waals surface area contributed by atoms with Gasteiger partial charge in [-0.2, -0.15) is 4.31 Å². The average Bonchev–Trinajstić information content (AvgIpc) is 3.28. The second kappa shape index (κ2) is 11.7. The third-order valence-electron chi connectivity index (χ3n) is 7.03. The maximum atomic E-state index is 13.1. The van der Waals surface area contributed by atoms with Crippen LogP contribution in [-0.2, 0) is 24.6 Å². The molecule has 1 spiro atoms. The number of halogens is 1. The van der Waals surface area contributed by atoms with Gasteiger partial charge in [-0.3, -0.25) is 0 Å². The smallest absolute Gasteiger partial charge is 0.407 e. The Morgan fingerprint density at radius 1 is 1.15 bits per heavy atom. The van der Waals surface area contributed by atoms with Gasteiger partial charge >= 0.3 is 6.09 Å². The first-order chi connectivity index (χ1) is 18.3. The Balaban J connectivity index is 1.33. The number of hydrogen-bond acceptors (Lipinski definition) is 8. The van der Waals surface area contributed by atoms with Gasteiger partial charge < -0.3 is 24.6 Å². The van der Waals surface area contributed by atoms with E-state index < -0.39 is 43.7 Å². The Bertz CT molecular complexity index is 1410. The van der Waals surface area contributed by atoms with E-state index in [1.807, 2.05) is 0 Å². The van der Waals surface area contributed by atoms with Crippen LogP contribution in [0.2, 0.25) is 0 Å². The number of carboxylic acid groups (broad SMARTS) is 1. The second-order valence-electron chi connectivity index (χ2n) is 9.86. The number of aliphatic hydroxyl groups excluding tert-OH is 1. The molecular formula is C25H31BrN2O9S2. The molecule has 214 valence electrons. The van der Waals surface area contributed by atoms with E-state index in [-0.39, 0.29) is 48.4 Å². The predicted octanol–water partition coefficient (Wildman–Crippen LogP) is 2.58. The van der Waals surface area contributed by atoms with Crippen LogP contribution in [0.1, 0.15) is 19.3 Å². The van der Waals surface area contributed by atoms with Crippen molar-refractivity contribution in [3.8, 4) is 5.75 Å². The van der Waals surface area contributed by atoms with Crippen LogP contribution in [0.25, 0.3) is 0 Å². The van der Waals surface area contributed by atoms with Gasteiger partial charge in [-0.1, -0.05) is 28.1 Å². The van der Waals surface area contributed by atoms with Gasteiger partial charge in [-0.15, -0.1) is 0 Å². The number of sulfone groups is 1. The number of hydrogen-bond donors (Lipinski definition) is 2. The minimum atomic E-state index is -3.67. The molecule has 2 unspecified atom stereocenters. The van der Waals surface area contributed by atoms with Gasteiger partial charge in [-0.25, -0.2) is 21.6 Å². The van der Waals surface area contributed by atoms with Crippen LogP contribution in [0.3, 0.4) is 0 Å². The summed E-state index contributed by atoms with van der Waals surface area (Å²) in [6.07, 6.45) is -0.0781. The van der Waals surface area contributed by atoms with Crippen LogP contribution in [0, 0.1) is 0 Å². The fraction of sp³-hybridized carbons (Fsp3) is 0.480. The lowest BCUT2D eigenvalue weighted by molar-refractivity contribution is -0.0319. The Hall–Kier alpha value is -2.23. The Kier molecular flexibility index (Phi) is 8.93. The van der Waals surface area contributed by atoms with E-state index >= 15 is 0 Å². The molecule has 2 aromatic rings. The largest absolute Gasteiger partial charge is 0.491 e. The van der Waals surface area contributed by atoms with Gasteiger partial charge in [0, 0.05) is 23.8 Å². The number of carbonyl (C=O) groups is 1. The van der Waals surface area contributed by atoms with E-state index in [1.165, 1.54) is 22.5 Å². The summed E-state index contributed by atoms with van der Waals surface area (Å²) in [4.78, 5) is 13.5. The molecule has 0 aliphatic carbocycles. The average molecular weight is 648 g/mol. The van der Waals surface area contributed by atoms with E-state index in [4.69, 9.17) is 9.47 Å². The summed E-state index contributed by atoms with van der Waals surface area (Å²) in [6.45, 7) is 0.163. The molecule has 14 heteroatoms. The molecule has 2 aromatic carbocycles. The molecule has 2 atom stereocenters. The van der Waals surface area contributed by atoms with Crippen LogP contribution < -0.4 is 4.74 Å². The molecular weight excluding hydrogens is 616 g/mol. The summed E-state index contributed by atoms with van der Waals surface area (Å²) < 4.78 is 63.3. The number of amides is 1. The van der Waals surface area contributed by atoms with E-state index in [0.717, 1.165) is 11.2 Å². The van der Waals surface area contributed by atoms with Crippen molar-refractivity contribution in [1.29, 1.82) is 0 Å². The van der Waals surface area contributed by atoms with Crippen molar-refractivity contribution >= 4 is 41.9 Å². The number of sulfonamides is 1. The number of piperidine rings is 1. The summed E-state index contributed by atoms with van der Waals surface area (Å²) in [5, 5.41) is 20.3. The van der Waals surface area contributed by atoms with Crippen molar-refractivity contribution in [3.63, 3.8) is 0 Å². The highest BCUT2D eigenvalue weighted by Gasteiger charge is 2.47. The molecule has 2 saturated heterocycles. The van der Waals surface area contributed by atoms with Crippen LogP contribution in [0.5, 0.6) is 5.75 Å². The fourth-order valence-corrected chi connectivity index (χ4v) is 7.62. The zero-order chi connectivity index (χ0) is 28.4. The molecule has 2 N–H and O–H groups in total. The molecule has 39 heavy (non-hydrogen) atoms. The summed E-state index contributed by atoms with van der Waals surface area (Å²) in [5.74, 6) is 0.242. The van der Waals surface area contributed by atoms with Gasteiger partial charge in [0.25, 0.3) is 0 Å². The van der Waals surface area contributed by atoms with Crippen molar-refractivity contribution in [2.24, 2.45) is 0 Å². The van der Waals surface area contributed by atoms with Gasteiger partial charge in [0.05, 0.1) is 34.6 Å². The van der Waals surface area contributed by atoms with E-state index in [9.17, 15) is 31.8 Å². The van der Waals surface area contributed by atoms with Crippen LogP contribution in [0.15, 0.2) is 62.8 Å². The molecule has 11 nitrogen and oxygen atoms in total. The van der Waals surface area contributed by atoms with E-state index in [1.54, 1.807) is 30.3 Å². The number of ether oxygens (including phenoxy) is 2. The minimum Gasteiger partial charge on any atom is -0.491 e. The van der Waals surface area contributed by atoms with Gasteiger partial charge in [0.15, 0.2) is 9.84 Å². The Labute approximate surface area is 236 Å². The molecule has 1 amide bonds. The molecule has 0 bridgehead atoms. The van der Waals surface area contributed by atoms with Crippen LogP contribution in [-0.4, -0.2) is 99.2 Å². The van der Waals surface area contributed by atoms with Crippen LogP contribution >= 0.6 is 15.9 Å². The minimum absolute atomic E-state index is 0.0746. The van der Waals surface area contributed by atoms with E-state index in [0.29, 0.717) is 23.7 Å². The van der Waals surface area contributed by atoms with Crippen molar-refractivity contribution in [2.75, 3.05) is 39.1 Å². The summed E-state index contributed by atoms with van der Waals surface area (Å²) in [6, 6.07) is 11.9. The molecule has 0 saturated carbocycles. The third kappa shape index (κ3) is 7.11. The Morgan fingerprint density at radius 2 is 1.82 bits per heavy atom. The zero-order valence-electron chi connectivity index (χ0n) is 21.3. The topological polar surface area (TPSA) is 151 Å². The predicted molar refractivity (Wildman–Crippen MR) is 145 cm³/mol. The number of aliphatic hydroxyl groups is 1. The second-order valence-corrected chi connectivity index (χ2v) is 14.7. The number of nitrogens with zero attached hydrogens (tertiary/aromatic N) is 2. The molecule has 0 aromatic heterocycles. The summed E-state index contributed by atoms with van der Waals surface area (Å²) in [7, 11) is -7.09. The fourth-order valence-electron chi connectivity index (χ4n) is 4.93. The lowest BCUT2D eigenvalue weighted by atomic mass is 9.88. The van der Waals surface area contributed by atoms with Crippen molar-refractivity contribution in [1.82, 2.24) is 9.21 Å². The van der Waals surface area contributed by atoms with Crippen LogP contribution in [0.4, 0.5) is 4.79 Å². The first kappa shape index (κ1) is 29.7. The monoisotopic (exact) mass is 646 g/mol. The normalized spacial score (nSPS) is 20.5. The molecule has 2 aliphatic heterocycles. The molecule has 0 radical (unpaired) electrons. The SMILES string of the molecule is CS(=O)(=O)c1cccc(OCC(O)CN(C(=O)O)C2COC3(CCN(S(=O)(=O)c4cccc(Br)c4)CC3)C2)c1. The molecule has 2 fully saturated rings. The lowest BCUT2D eigenvalue weighted by Gasteiger charge is -2.38. The standard InChI is InChI=1S/C25H31BrN2O9S2/c1-38(32,33)22-6-3-5-21(13-22)36-17-20(29)15-28(24(30)31)19-14-25(37-16-19)8-10-27(11-9-25)39(34,35)23-7-2-4-18(26)12-23/h2-7,12-13,19-20,29H,8-11,14-17H2,1H3,(H,30,31). The first-order valence-electron chi connectivity index (χ1n) is 12.3. The zero-order valence-corrected chi connectivity index (χ0v) is 24.5. The highest BCUT2D eigenvalue weighted by atomic mass is 79.9. The van der Waals surface area contributed by atoms with Crippen molar-refractivity contribution < 1.29 is 41.3 Å². The molecule has 2 aliphatic rings. The maximum Gasteiger partial charge on any atom is 0.407 e. The number of rotatable bonds is 9. The lowest BCUT2D eigenvalue weighted by Crippen LogP contribution is -2.48. The van der Waals surface area contributed by atoms with Crippen molar-refractivity contribution in [3.05, 3.63) is 53.0 Å². The molecule has 4 rings (SSSR count). The highest BCUT2D eigenvalue weighted by Crippen LogP contribution is 2.39. The first-order valence-corrected chi connectivity index (χ1v) is 16.4. The van der Waals surface area contributed by atoms with E-state index in [2.05, 4.69) is 15.9 Å². The summed E-state index contributed by atoms with van der Waals surface area (Å²) >= 11 is 3.30. The Morgan fingerprint density at radius 3 is 2.46 bits per heavy atom. The maximum absolute atomic E-state index is 13.1. The summed E-state index contributed by atoms with van der Waals surface area (Å²) in [5.41, 5.74) is -0.644. The quantitative estimate of drug-likeness (QED) is 0.419. The van der Waals surface area contributed by atoms with Gasteiger partial charge in [0.2, 0.25) is 10.0 Å². The van der Waals surface area contributed by atoms with Crippen molar-refractivity contribution in [2.45, 2.75) is 46.8 Å². The highest BCUT2D eigenvalue weighted by molar-refractivity contribution is 9.10. The molecule has 2 heterocycles.